The van der Waals surface area contributed by atoms with E-state index in [1.807, 2.05) is 47.5 Å². The Morgan fingerprint density at radius 3 is 2.79 bits per heavy atom. The van der Waals surface area contributed by atoms with Crippen LogP contribution in [0.2, 0.25) is 0 Å². The monoisotopic (exact) mass is 374 g/mol. The number of fused-ring (bicyclic) bond motifs is 1. The number of hydrogen-bond donors (Lipinski definition) is 3. The third kappa shape index (κ3) is 2.98. The summed E-state index contributed by atoms with van der Waals surface area (Å²) in [5.41, 5.74) is 11.3. The van der Waals surface area contributed by atoms with Crippen LogP contribution in [0.5, 0.6) is 0 Å². The van der Waals surface area contributed by atoms with Crippen molar-refractivity contribution in [3.05, 3.63) is 83.2 Å². The molecule has 2 unspecified atom stereocenters. The first-order valence-corrected chi connectivity index (χ1v) is 9.62. The van der Waals surface area contributed by atoms with E-state index in [0.717, 1.165) is 36.3 Å². The molecule has 2 atom stereocenters. The quantitative estimate of drug-likeness (QED) is 0.654. The lowest BCUT2D eigenvalue weighted by Gasteiger charge is -2.35. The lowest BCUT2D eigenvalue weighted by atomic mass is 9.95. The molecule has 1 fully saturated rings. The molecule has 4 heterocycles. The summed E-state index contributed by atoms with van der Waals surface area (Å²) in [6.45, 7) is 1.60. The number of carbonyl (C=O) groups is 1. The highest BCUT2D eigenvalue weighted by atomic mass is 16.2. The summed E-state index contributed by atoms with van der Waals surface area (Å²) >= 11 is 0. The van der Waals surface area contributed by atoms with E-state index in [1.165, 1.54) is 5.56 Å². The summed E-state index contributed by atoms with van der Waals surface area (Å²) in [6.07, 6.45) is 7.09. The molecule has 0 aliphatic carbocycles. The van der Waals surface area contributed by atoms with Crippen LogP contribution in [-0.2, 0) is 6.42 Å². The predicted octanol–water partition coefficient (Wildman–Crippen LogP) is 2.13. The van der Waals surface area contributed by atoms with E-state index in [9.17, 15) is 4.79 Å². The maximum atomic E-state index is 13.4. The Bertz CT molecular complexity index is 962. The number of benzene rings is 1. The number of rotatable bonds is 3. The minimum atomic E-state index is -0.225. The Balaban J connectivity index is 1.46. The van der Waals surface area contributed by atoms with E-state index in [-0.39, 0.29) is 11.9 Å². The molecule has 28 heavy (non-hydrogen) atoms. The number of hydrogen-bond acceptors (Lipinski definition) is 5. The molecule has 5 rings (SSSR count). The van der Waals surface area contributed by atoms with Crippen molar-refractivity contribution >= 4 is 5.91 Å². The second kappa shape index (κ2) is 7.18. The van der Waals surface area contributed by atoms with Gasteiger partial charge in [-0.2, -0.15) is 0 Å². The number of imidazole rings is 1. The zero-order valence-electron chi connectivity index (χ0n) is 15.4. The van der Waals surface area contributed by atoms with Crippen LogP contribution in [0.25, 0.3) is 0 Å². The Hall–Kier alpha value is -3.03. The maximum absolute atomic E-state index is 13.4. The fraction of sp³-hybridized carbons (Fsp3) is 0.286. The molecule has 2 aliphatic heterocycles. The second-order valence-corrected chi connectivity index (χ2v) is 7.24. The highest BCUT2D eigenvalue weighted by Crippen LogP contribution is 2.34. The Morgan fingerprint density at radius 2 is 2.04 bits per heavy atom. The molecule has 3 N–H and O–H groups in total. The van der Waals surface area contributed by atoms with E-state index in [2.05, 4.69) is 25.8 Å². The van der Waals surface area contributed by atoms with E-state index in [0.29, 0.717) is 18.2 Å². The first-order valence-electron chi connectivity index (χ1n) is 9.62. The van der Waals surface area contributed by atoms with Crippen LogP contribution in [0.3, 0.4) is 0 Å². The van der Waals surface area contributed by atoms with Gasteiger partial charge in [0, 0.05) is 49.2 Å². The third-order valence-corrected chi connectivity index (χ3v) is 5.58. The molecular formula is C21H22N6O. The van der Waals surface area contributed by atoms with E-state index in [4.69, 9.17) is 0 Å². The topological polar surface area (TPSA) is 85.9 Å². The number of H-pyrrole nitrogens is 1. The number of aromatic nitrogens is 3. The minimum Gasteiger partial charge on any atom is -0.348 e. The lowest BCUT2D eigenvalue weighted by Crippen LogP contribution is -2.40. The van der Waals surface area contributed by atoms with Gasteiger partial charge in [0.2, 0.25) is 0 Å². The van der Waals surface area contributed by atoms with Gasteiger partial charge in [-0.3, -0.25) is 20.6 Å². The number of amides is 1. The molecule has 142 valence electrons. The number of hydrazine groups is 1. The first-order chi connectivity index (χ1) is 13.8. The standard InChI is InChI=1S/C21H22N6O/c28-21(15-5-3-14(4-6-15)17-7-10-25-26-17)27-11-8-18-19(24-13-23-18)20(27)16-2-1-9-22-12-16/h1-6,9,12-13,17,20,25-26H,7-8,10-11H2,(H,23,24). The Morgan fingerprint density at radius 1 is 1.14 bits per heavy atom. The van der Waals surface area contributed by atoms with Gasteiger partial charge in [-0.1, -0.05) is 18.2 Å². The molecule has 7 nitrogen and oxygen atoms in total. The molecule has 7 heteroatoms. The highest BCUT2D eigenvalue weighted by molar-refractivity contribution is 5.95. The van der Waals surface area contributed by atoms with Gasteiger partial charge in [0.15, 0.2) is 0 Å². The van der Waals surface area contributed by atoms with Crippen LogP contribution < -0.4 is 10.9 Å². The predicted molar refractivity (Wildman–Crippen MR) is 104 cm³/mol. The van der Waals surface area contributed by atoms with E-state index in [1.54, 1.807) is 12.5 Å². The summed E-state index contributed by atoms with van der Waals surface area (Å²) in [6, 6.07) is 11.9. The molecule has 0 radical (unpaired) electrons. The second-order valence-electron chi connectivity index (χ2n) is 7.24. The fourth-order valence-corrected chi connectivity index (χ4v) is 4.13. The van der Waals surface area contributed by atoms with Crippen molar-refractivity contribution in [1.29, 1.82) is 0 Å². The molecule has 1 aromatic carbocycles. The van der Waals surface area contributed by atoms with Crippen molar-refractivity contribution in [3.8, 4) is 0 Å². The van der Waals surface area contributed by atoms with Crippen LogP contribution in [-0.4, -0.2) is 38.8 Å². The molecule has 2 aliphatic rings. The van der Waals surface area contributed by atoms with Gasteiger partial charge in [-0.25, -0.2) is 4.98 Å². The summed E-state index contributed by atoms with van der Waals surface area (Å²) in [7, 11) is 0. The summed E-state index contributed by atoms with van der Waals surface area (Å²) < 4.78 is 0. The van der Waals surface area contributed by atoms with Gasteiger partial charge in [0.1, 0.15) is 6.04 Å². The van der Waals surface area contributed by atoms with Crippen LogP contribution >= 0.6 is 0 Å². The largest absolute Gasteiger partial charge is 0.348 e. The summed E-state index contributed by atoms with van der Waals surface area (Å²) in [5, 5.41) is 0. The minimum absolute atomic E-state index is 0.0200. The normalized spacial score (nSPS) is 21.5. The average Bonchev–Trinajstić information content (AvgIpc) is 3.45. The number of pyridine rings is 1. The van der Waals surface area contributed by atoms with Gasteiger partial charge in [-0.15, -0.1) is 0 Å². The lowest BCUT2D eigenvalue weighted by molar-refractivity contribution is 0.0690. The Labute approximate surface area is 163 Å². The van der Waals surface area contributed by atoms with Crippen LogP contribution in [0.1, 0.15) is 51.4 Å². The highest BCUT2D eigenvalue weighted by Gasteiger charge is 2.34. The van der Waals surface area contributed by atoms with Crippen LogP contribution in [0, 0.1) is 0 Å². The van der Waals surface area contributed by atoms with Gasteiger partial charge in [0.05, 0.1) is 12.0 Å². The van der Waals surface area contributed by atoms with Crippen molar-refractivity contribution in [1.82, 2.24) is 30.7 Å². The molecule has 1 saturated heterocycles. The van der Waals surface area contributed by atoms with Crippen LogP contribution in [0.15, 0.2) is 55.1 Å². The third-order valence-electron chi connectivity index (χ3n) is 5.58. The average molecular weight is 374 g/mol. The number of carbonyl (C=O) groups excluding carboxylic acids is 1. The van der Waals surface area contributed by atoms with Crippen molar-refractivity contribution in [2.75, 3.05) is 13.1 Å². The summed E-state index contributed by atoms with van der Waals surface area (Å²) in [4.78, 5) is 27.3. The molecule has 0 spiro atoms. The zero-order chi connectivity index (χ0) is 18.9. The molecule has 0 saturated carbocycles. The van der Waals surface area contributed by atoms with Gasteiger partial charge < -0.3 is 9.88 Å². The first kappa shape index (κ1) is 17.1. The fourth-order valence-electron chi connectivity index (χ4n) is 4.13. The number of nitrogens with zero attached hydrogens (tertiary/aromatic N) is 3. The van der Waals surface area contributed by atoms with Crippen molar-refractivity contribution in [2.45, 2.75) is 24.9 Å². The van der Waals surface area contributed by atoms with Gasteiger partial charge in [0.25, 0.3) is 5.91 Å². The smallest absolute Gasteiger partial charge is 0.254 e. The molecule has 2 aromatic heterocycles. The van der Waals surface area contributed by atoms with Crippen molar-refractivity contribution in [2.24, 2.45) is 0 Å². The van der Waals surface area contributed by atoms with E-state index < -0.39 is 0 Å². The van der Waals surface area contributed by atoms with Gasteiger partial charge >= 0.3 is 0 Å². The van der Waals surface area contributed by atoms with Crippen molar-refractivity contribution < 1.29 is 4.79 Å². The maximum Gasteiger partial charge on any atom is 0.254 e. The Kier molecular flexibility index (Phi) is 4.38. The van der Waals surface area contributed by atoms with Crippen molar-refractivity contribution in [3.63, 3.8) is 0 Å². The SMILES string of the molecule is O=C(c1ccc(C2CCNN2)cc1)N1CCc2[nH]cnc2C1c1cccnc1. The number of nitrogens with one attached hydrogen (secondary N) is 3. The summed E-state index contributed by atoms with van der Waals surface area (Å²) in [5.74, 6) is 0.0200. The van der Waals surface area contributed by atoms with Gasteiger partial charge in [-0.05, 0) is 35.7 Å². The molecular weight excluding hydrogens is 352 g/mol. The van der Waals surface area contributed by atoms with Crippen LogP contribution in [0.4, 0.5) is 0 Å². The molecule has 3 aromatic rings. The number of aromatic amines is 1. The van der Waals surface area contributed by atoms with E-state index >= 15 is 0 Å². The zero-order valence-corrected chi connectivity index (χ0v) is 15.4. The molecule has 0 bridgehead atoms. The molecule has 1 amide bonds.